The number of hydrogen-bond acceptors (Lipinski definition) is 6. The van der Waals surface area contributed by atoms with Gasteiger partial charge in [0, 0.05) is 12.1 Å². The first-order valence-corrected chi connectivity index (χ1v) is 14.0. The summed E-state index contributed by atoms with van der Waals surface area (Å²) in [6, 6.07) is 17.8. The van der Waals surface area contributed by atoms with E-state index < -0.39 is 11.7 Å². The zero-order valence-electron chi connectivity index (χ0n) is 23.7. The molecule has 6 rings (SSSR count). The van der Waals surface area contributed by atoms with Crippen LogP contribution in [0.4, 0.5) is 4.79 Å². The van der Waals surface area contributed by atoms with Gasteiger partial charge < -0.3 is 24.9 Å². The summed E-state index contributed by atoms with van der Waals surface area (Å²) in [4.78, 5) is 54.7. The molecule has 0 aliphatic carbocycles. The van der Waals surface area contributed by atoms with Crippen molar-refractivity contribution in [1.82, 2.24) is 30.2 Å². The zero-order valence-corrected chi connectivity index (χ0v) is 23.7. The topological polar surface area (TPSA) is 133 Å². The Morgan fingerprint density at radius 1 is 1.02 bits per heavy atom. The van der Waals surface area contributed by atoms with Gasteiger partial charge in [0.25, 0.3) is 5.56 Å². The molecule has 0 radical (unpaired) electrons. The number of carbonyl (C=O) groups excluding carboxylic acids is 2. The number of ether oxygens (including phenoxy) is 1. The van der Waals surface area contributed by atoms with E-state index in [0.717, 1.165) is 39.6 Å². The lowest BCUT2D eigenvalue weighted by molar-refractivity contribution is -0.131. The average Bonchev–Trinajstić information content (AvgIpc) is 3.67. The van der Waals surface area contributed by atoms with Crippen molar-refractivity contribution in [2.75, 3.05) is 13.1 Å². The highest BCUT2D eigenvalue weighted by Gasteiger charge is 2.32. The molecule has 1 aliphatic heterocycles. The Balaban J connectivity index is 1.25. The fourth-order valence-corrected chi connectivity index (χ4v) is 5.41. The SMILES string of the molecule is CC(C)(C)OC(=O)NCC(=O)N1CCCC1c1nc2cc(-c3ccc4cc(-c5cnc[nH]5)ccc4c3)ccc2c(=O)[nH]1. The quantitative estimate of drug-likeness (QED) is 0.265. The minimum absolute atomic E-state index is 0.196. The van der Waals surface area contributed by atoms with Gasteiger partial charge in [-0.1, -0.05) is 30.3 Å². The largest absolute Gasteiger partial charge is 0.444 e. The second kappa shape index (κ2) is 10.8. The summed E-state index contributed by atoms with van der Waals surface area (Å²) in [5.74, 6) is 0.185. The van der Waals surface area contributed by atoms with E-state index in [1.807, 2.05) is 12.1 Å². The van der Waals surface area contributed by atoms with E-state index in [1.165, 1.54) is 0 Å². The van der Waals surface area contributed by atoms with Crippen LogP contribution in [0.2, 0.25) is 0 Å². The first-order valence-electron chi connectivity index (χ1n) is 14.0. The molecular weight excluding hydrogens is 532 g/mol. The number of benzene rings is 3. The predicted molar refractivity (Wildman–Crippen MR) is 161 cm³/mol. The van der Waals surface area contributed by atoms with E-state index in [4.69, 9.17) is 9.72 Å². The highest BCUT2D eigenvalue weighted by atomic mass is 16.6. The second-order valence-electron chi connectivity index (χ2n) is 11.5. The van der Waals surface area contributed by atoms with Crippen molar-refractivity contribution in [3.63, 3.8) is 0 Å². The average molecular weight is 565 g/mol. The molecule has 0 saturated carbocycles. The number of fused-ring (bicyclic) bond motifs is 2. The molecule has 3 aromatic carbocycles. The molecule has 5 aromatic rings. The van der Waals surface area contributed by atoms with Crippen molar-refractivity contribution in [1.29, 1.82) is 0 Å². The van der Waals surface area contributed by atoms with Crippen LogP contribution < -0.4 is 10.9 Å². The smallest absolute Gasteiger partial charge is 0.408 e. The predicted octanol–water partition coefficient (Wildman–Crippen LogP) is 5.32. The van der Waals surface area contributed by atoms with Gasteiger partial charge in [0.15, 0.2) is 0 Å². The van der Waals surface area contributed by atoms with Crippen LogP contribution in [0, 0.1) is 0 Å². The minimum atomic E-state index is -0.659. The van der Waals surface area contributed by atoms with Gasteiger partial charge in [-0.25, -0.2) is 14.8 Å². The van der Waals surface area contributed by atoms with E-state index in [-0.39, 0.29) is 24.1 Å². The van der Waals surface area contributed by atoms with Crippen LogP contribution >= 0.6 is 0 Å². The van der Waals surface area contributed by atoms with Crippen molar-refractivity contribution in [3.05, 3.63) is 83.3 Å². The number of carbonyl (C=O) groups is 2. The first-order chi connectivity index (χ1) is 20.1. The summed E-state index contributed by atoms with van der Waals surface area (Å²) in [7, 11) is 0. The van der Waals surface area contributed by atoms with Crippen molar-refractivity contribution in [2.24, 2.45) is 0 Å². The highest BCUT2D eigenvalue weighted by molar-refractivity contribution is 5.92. The highest BCUT2D eigenvalue weighted by Crippen LogP contribution is 2.32. The van der Waals surface area contributed by atoms with Crippen LogP contribution in [-0.2, 0) is 9.53 Å². The summed E-state index contributed by atoms with van der Waals surface area (Å²) in [6.07, 6.45) is 4.25. The fourth-order valence-electron chi connectivity index (χ4n) is 5.41. The van der Waals surface area contributed by atoms with Crippen LogP contribution in [0.3, 0.4) is 0 Å². The number of nitrogens with one attached hydrogen (secondary N) is 3. The fraction of sp³-hybridized carbons (Fsp3) is 0.281. The maximum Gasteiger partial charge on any atom is 0.408 e. The Bertz CT molecular complexity index is 1860. The van der Waals surface area contributed by atoms with Crippen LogP contribution in [0.25, 0.3) is 44.1 Å². The Kier molecular flexibility index (Phi) is 6.97. The minimum Gasteiger partial charge on any atom is -0.444 e. The number of amides is 2. The monoisotopic (exact) mass is 564 g/mol. The Morgan fingerprint density at radius 3 is 2.48 bits per heavy atom. The number of H-pyrrole nitrogens is 2. The van der Waals surface area contributed by atoms with Crippen molar-refractivity contribution >= 4 is 33.7 Å². The number of likely N-dealkylation sites (tertiary alicyclic amines) is 1. The summed E-state index contributed by atoms with van der Waals surface area (Å²) in [6.45, 7) is 5.60. The van der Waals surface area contributed by atoms with Gasteiger partial charge in [0.1, 0.15) is 18.0 Å². The Hall–Kier alpha value is -4.99. The van der Waals surface area contributed by atoms with Gasteiger partial charge in [-0.2, -0.15) is 0 Å². The van der Waals surface area contributed by atoms with E-state index >= 15 is 0 Å². The van der Waals surface area contributed by atoms with Gasteiger partial charge in [0.2, 0.25) is 5.91 Å². The lowest BCUT2D eigenvalue weighted by atomic mass is 9.98. The number of hydrogen-bond donors (Lipinski definition) is 3. The first kappa shape index (κ1) is 27.2. The van der Waals surface area contributed by atoms with Gasteiger partial charge in [-0.3, -0.25) is 9.59 Å². The van der Waals surface area contributed by atoms with Crippen molar-refractivity contribution in [3.8, 4) is 22.4 Å². The summed E-state index contributed by atoms with van der Waals surface area (Å²) >= 11 is 0. The molecule has 214 valence electrons. The molecule has 2 amide bonds. The second-order valence-corrected chi connectivity index (χ2v) is 11.5. The lowest BCUT2D eigenvalue weighted by Gasteiger charge is -2.25. The molecule has 3 heterocycles. The van der Waals surface area contributed by atoms with Crippen LogP contribution in [0.5, 0.6) is 0 Å². The van der Waals surface area contributed by atoms with Gasteiger partial charge >= 0.3 is 6.09 Å². The van der Waals surface area contributed by atoms with E-state index in [0.29, 0.717) is 29.7 Å². The molecule has 2 aromatic heterocycles. The maximum atomic E-state index is 13.1. The summed E-state index contributed by atoms with van der Waals surface area (Å²) in [5.41, 5.74) is 3.62. The van der Waals surface area contributed by atoms with Crippen LogP contribution in [-0.4, -0.2) is 55.5 Å². The molecule has 0 bridgehead atoms. The molecule has 1 unspecified atom stereocenters. The lowest BCUT2D eigenvalue weighted by Crippen LogP contribution is -2.42. The zero-order chi connectivity index (χ0) is 29.4. The molecule has 3 N–H and O–H groups in total. The Morgan fingerprint density at radius 2 is 1.74 bits per heavy atom. The van der Waals surface area contributed by atoms with E-state index in [2.05, 4.69) is 56.7 Å². The molecule has 1 saturated heterocycles. The summed E-state index contributed by atoms with van der Waals surface area (Å²) < 4.78 is 5.23. The molecular formula is C32H32N6O4. The third-order valence-electron chi connectivity index (χ3n) is 7.38. The molecule has 0 spiro atoms. The Labute approximate surface area is 242 Å². The van der Waals surface area contributed by atoms with E-state index in [9.17, 15) is 14.4 Å². The number of imidazole rings is 1. The van der Waals surface area contributed by atoms with Gasteiger partial charge in [0.05, 0.1) is 35.2 Å². The molecule has 1 fully saturated rings. The number of rotatable bonds is 5. The summed E-state index contributed by atoms with van der Waals surface area (Å²) in [5, 5.41) is 5.21. The molecule has 42 heavy (non-hydrogen) atoms. The molecule has 10 nitrogen and oxygen atoms in total. The standard InChI is InChI=1S/C32H32N6O4/c1-32(2,3)42-31(41)34-17-28(39)38-12-4-5-27(38)29-36-25-15-22(10-11-24(25)30(40)37-29)20-6-7-21-14-23(9-8-19(21)13-20)26-16-33-18-35-26/h6-11,13-16,18,27H,4-5,12,17H2,1-3H3,(H,33,35)(H,34,41)(H,36,37,40). The number of nitrogens with zero attached hydrogens (tertiary/aromatic N) is 3. The van der Waals surface area contributed by atoms with Crippen molar-refractivity contribution in [2.45, 2.75) is 45.3 Å². The van der Waals surface area contributed by atoms with Crippen LogP contribution in [0.1, 0.15) is 45.5 Å². The molecule has 1 aliphatic rings. The van der Waals surface area contributed by atoms with Gasteiger partial charge in [-0.15, -0.1) is 0 Å². The number of aromatic amines is 2. The normalized spacial score (nSPS) is 15.3. The van der Waals surface area contributed by atoms with E-state index in [1.54, 1.807) is 44.3 Å². The van der Waals surface area contributed by atoms with Gasteiger partial charge in [-0.05, 0) is 79.8 Å². The van der Waals surface area contributed by atoms with Crippen molar-refractivity contribution < 1.29 is 14.3 Å². The maximum absolute atomic E-state index is 13.1. The molecule has 10 heteroatoms. The van der Waals surface area contributed by atoms with Crippen LogP contribution in [0.15, 0.2) is 71.9 Å². The third-order valence-corrected chi connectivity index (χ3v) is 7.38. The number of alkyl carbamates (subject to hydrolysis) is 1. The number of aromatic nitrogens is 4. The third kappa shape index (κ3) is 5.60. The molecule has 1 atom stereocenters.